The van der Waals surface area contributed by atoms with Gasteiger partial charge in [0.1, 0.15) is 17.3 Å². The van der Waals surface area contributed by atoms with Crippen molar-refractivity contribution in [3.8, 4) is 0 Å². The zero-order chi connectivity index (χ0) is 16.9. The van der Waals surface area contributed by atoms with E-state index in [1.807, 2.05) is 0 Å². The molecule has 0 fully saturated rings. The summed E-state index contributed by atoms with van der Waals surface area (Å²) >= 11 is 5.61. The number of nitrogens with two attached hydrogens (primary N) is 1. The number of carbonyl (C=O) groups excluding carboxylic acids is 1. The molecule has 0 saturated heterocycles. The van der Waals surface area contributed by atoms with Gasteiger partial charge in [0.05, 0.1) is 12.1 Å². The third kappa shape index (κ3) is 3.95. The van der Waals surface area contributed by atoms with Crippen LogP contribution in [-0.2, 0) is 9.53 Å². The van der Waals surface area contributed by atoms with Crippen LogP contribution in [0.5, 0.6) is 0 Å². The second-order valence-electron chi connectivity index (χ2n) is 4.13. The van der Waals surface area contributed by atoms with Crippen LogP contribution in [-0.4, -0.2) is 18.9 Å². The van der Waals surface area contributed by atoms with E-state index in [0.29, 0.717) is 5.56 Å². The van der Waals surface area contributed by atoms with Gasteiger partial charge in [0.2, 0.25) is 0 Å². The molecule has 0 radical (unpaired) electrons. The number of hydrogen-bond acceptors (Lipinski definition) is 4. The maximum Gasteiger partial charge on any atom is 0.355 e. The van der Waals surface area contributed by atoms with Gasteiger partial charge >= 0.3 is 5.97 Å². The van der Waals surface area contributed by atoms with Crippen molar-refractivity contribution in [3.63, 3.8) is 0 Å². The van der Waals surface area contributed by atoms with E-state index < -0.39 is 11.8 Å². The predicted molar refractivity (Wildman–Crippen MR) is 84.7 cm³/mol. The number of nitrogens with one attached hydrogen (secondary N) is 2. The Hall–Kier alpha value is -2.60. The highest BCUT2D eigenvalue weighted by molar-refractivity contribution is 6.30. The molecule has 4 N–H and O–H groups in total. The highest BCUT2D eigenvalue weighted by Gasteiger charge is 2.18. The topological polar surface area (TPSA) is 88.2 Å². The first-order chi connectivity index (χ1) is 10.3. The molecule has 0 aromatic heterocycles. The van der Waals surface area contributed by atoms with E-state index in [2.05, 4.69) is 23.2 Å². The lowest BCUT2D eigenvalue weighted by Crippen LogP contribution is -2.26. The van der Waals surface area contributed by atoms with Gasteiger partial charge in [-0.2, -0.15) is 0 Å². The summed E-state index contributed by atoms with van der Waals surface area (Å²) in [5, 5.41) is 10.1. The molecule has 0 atom stereocenters. The van der Waals surface area contributed by atoms with Crippen LogP contribution in [0.4, 0.5) is 4.39 Å². The Balaban J connectivity index is 3.22. The van der Waals surface area contributed by atoms with Gasteiger partial charge in [-0.1, -0.05) is 36.9 Å². The van der Waals surface area contributed by atoms with Crippen LogP contribution < -0.4 is 11.1 Å². The van der Waals surface area contributed by atoms with Crippen molar-refractivity contribution in [2.75, 3.05) is 7.11 Å². The van der Waals surface area contributed by atoms with E-state index in [0.717, 1.165) is 6.07 Å². The molecule has 0 aliphatic carbocycles. The van der Waals surface area contributed by atoms with Gasteiger partial charge in [-0.3, -0.25) is 5.41 Å². The SMILES string of the molecule is C=CC(C(=N)N)=C(NC(=C)c1ccc(Cl)c(F)c1)C(=O)OC. The molecule has 22 heavy (non-hydrogen) atoms. The van der Waals surface area contributed by atoms with Crippen LogP contribution in [0.25, 0.3) is 5.70 Å². The Labute approximate surface area is 132 Å². The fourth-order valence-corrected chi connectivity index (χ4v) is 1.70. The largest absolute Gasteiger partial charge is 0.464 e. The van der Waals surface area contributed by atoms with Crippen molar-refractivity contribution in [3.05, 3.63) is 65.1 Å². The lowest BCUT2D eigenvalue weighted by molar-refractivity contribution is -0.136. The van der Waals surface area contributed by atoms with Crippen molar-refractivity contribution in [2.24, 2.45) is 5.73 Å². The molecule has 1 aromatic carbocycles. The second kappa shape index (κ2) is 7.42. The normalized spacial score (nSPS) is 11.2. The number of hydrogen-bond donors (Lipinski definition) is 3. The highest BCUT2D eigenvalue weighted by Crippen LogP contribution is 2.20. The second-order valence-corrected chi connectivity index (χ2v) is 4.54. The number of ether oxygens (including phenoxy) is 1. The lowest BCUT2D eigenvalue weighted by Gasteiger charge is -2.15. The molecule has 0 amide bonds. The van der Waals surface area contributed by atoms with Crippen LogP contribution >= 0.6 is 11.6 Å². The number of amidine groups is 1. The predicted octanol–water partition coefficient (Wildman–Crippen LogP) is 2.59. The van der Waals surface area contributed by atoms with Crippen LogP contribution in [0.2, 0.25) is 5.02 Å². The Morgan fingerprint density at radius 2 is 2.18 bits per heavy atom. The minimum absolute atomic E-state index is 0.0317. The first-order valence-electron chi connectivity index (χ1n) is 6.02. The summed E-state index contributed by atoms with van der Waals surface area (Å²) in [4.78, 5) is 11.8. The molecule has 1 aromatic rings. The van der Waals surface area contributed by atoms with Crippen LogP contribution in [0.3, 0.4) is 0 Å². The Kier molecular flexibility index (Phi) is 5.89. The average Bonchev–Trinajstić information content (AvgIpc) is 2.48. The highest BCUT2D eigenvalue weighted by atomic mass is 35.5. The zero-order valence-corrected chi connectivity index (χ0v) is 12.6. The van der Waals surface area contributed by atoms with Gasteiger partial charge < -0.3 is 15.8 Å². The summed E-state index contributed by atoms with van der Waals surface area (Å²) < 4.78 is 18.1. The quantitative estimate of drug-likeness (QED) is 0.247. The Morgan fingerprint density at radius 1 is 1.55 bits per heavy atom. The maximum atomic E-state index is 13.5. The summed E-state index contributed by atoms with van der Waals surface area (Å²) in [5.74, 6) is -1.76. The van der Waals surface area contributed by atoms with Gasteiger partial charge in [0, 0.05) is 16.8 Å². The molecule has 0 unspecified atom stereocenters. The third-order valence-electron chi connectivity index (χ3n) is 2.70. The van der Waals surface area contributed by atoms with Gasteiger partial charge in [0.15, 0.2) is 0 Å². The van der Waals surface area contributed by atoms with Crippen LogP contribution in [0, 0.1) is 11.2 Å². The molecule has 0 bridgehead atoms. The fraction of sp³-hybridized carbons (Fsp3) is 0.0667. The summed E-state index contributed by atoms with van der Waals surface area (Å²) in [6, 6.07) is 4.05. The fourth-order valence-electron chi connectivity index (χ4n) is 1.58. The van der Waals surface area contributed by atoms with Gasteiger partial charge in [-0.05, 0) is 12.1 Å². The van der Waals surface area contributed by atoms with Crippen molar-refractivity contribution in [2.45, 2.75) is 0 Å². The molecular weight excluding hydrogens is 309 g/mol. The van der Waals surface area contributed by atoms with E-state index in [1.165, 1.54) is 25.3 Å². The molecule has 0 aliphatic rings. The number of carbonyl (C=O) groups is 1. The minimum Gasteiger partial charge on any atom is -0.464 e. The van der Waals surface area contributed by atoms with E-state index in [4.69, 9.17) is 22.7 Å². The maximum absolute atomic E-state index is 13.5. The minimum atomic E-state index is -0.763. The van der Waals surface area contributed by atoms with Crippen LogP contribution in [0.1, 0.15) is 5.56 Å². The molecule has 116 valence electrons. The van der Waals surface area contributed by atoms with Gasteiger partial charge in [-0.15, -0.1) is 0 Å². The smallest absolute Gasteiger partial charge is 0.355 e. The molecule has 0 saturated carbocycles. The summed E-state index contributed by atoms with van der Waals surface area (Å²) in [6.45, 7) is 7.21. The number of rotatable bonds is 6. The van der Waals surface area contributed by atoms with E-state index in [9.17, 15) is 9.18 Å². The molecule has 7 heteroatoms. The average molecular weight is 324 g/mol. The van der Waals surface area contributed by atoms with Crippen molar-refractivity contribution in [1.29, 1.82) is 5.41 Å². The monoisotopic (exact) mass is 323 g/mol. The van der Waals surface area contributed by atoms with Crippen molar-refractivity contribution < 1.29 is 13.9 Å². The van der Waals surface area contributed by atoms with Gasteiger partial charge in [-0.25, -0.2) is 9.18 Å². The standard InChI is InChI=1S/C15H15ClFN3O2/c1-4-10(14(18)19)13(15(21)22-3)20-8(2)9-5-6-11(16)12(17)7-9/h4-7,20H,1-2H2,3H3,(H3,18,19). The molecular formula is C15H15ClFN3O2. The number of esters is 1. The van der Waals surface area contributed by atoms with Crippen molar-refractivity contribution in [1.82, 2.24) is 5.32 Å². The molecule has 1 rings (SSSR count). The van der Waals surface area contributed by atoms with Gasteiger partial charge in [0.25, 0.3) is 0 Å². The summed E-state index contributed by atoms with van der Waals surface area (Å²) in [5.41, 5.74) is 5.90. The van der Waals surface area contributed by atoms with E-state index in [-0.39, 0.29) is 27.8 Å². The Morgan fingerprint density at radius 3 is 2.64 bits per heavy atom. The first-order valence-corrected chi connectivity index (χ1v) is 6.40. The summed E-state index contributed by atoms with van der Waals surface area (Å²) in [7, 11) is 1.18. The molecule has 0 aliphatic heterocycles. The number of methoxy groups -OCH3 is 1. The summed E-state index contributed by atoms with van der Waals surface area (Å²) in [6.07, 6.45) is 1.23. The molecule has 0 spiro atoms. The zero-order valence-electron chi connectivity index (χ0n) is 11.9. The number of benzene rings is 1. The van der Waals surface area contributed by atoms with Crippen molar-refractivity contribution >= 4 is 29.1 Å². The third-order valence-corrected chi connectivity index (χ3v) is 3.00. The first kappa shape index (κ1) is 17.5. The van der Waals surface area contributed by atoms with Crippen LogP contribution in [0.15, 0.2) is 48.7 Å². The molecule has 5 nitrogen and oxygen atoms in total. The van der Waals surface area contributed by atoms with E-state index >= 15 is 0 Å². The lowest BCUT2D eigenvalue weighted by atomic mass is 10.1. The number of halogens is 2. The Bertz CT molecular complexity index is 683. The molecule has 0 heterocycles. The van der Waals surface area contributed by atoms with E-state index in [1.54, 1.807) is 0 Å².